The lowest BCUT2D eigenvalue weighted by Crippen LogP contribution is -2.63. The molecule has 23 heavy (non-hydrogen) atoms. The Morgan fingerprint density at radius 2 is 2.22 bits per heavy atom. The molecule has 7 heteroatoms. The number of carbonyl (C=O) groups is 1. The van der Waals surface area contributed by atoms with Crippen LogP contribution < -0.4 is 5.32 Å². The number of hydrogen-bond donors (Lipinski definition) is 2. The molecule has 0 radical (unpaired) electrons. The Bertz CT molecular complexity index is 567. The number of amides is 1. The number of fused-ring (bicyclic) bond motifs is 1. The third-order valence-electron chi connectivity index (χ3n) is 5.62. The molecule has 3 fully saturated rings. The maximum absolute atomic E-state index is 12.3. The number of aromatic amines is 1. The molecular formula is C16H24N4O2S. The zero-order valence-electron chi connectivity index (χ0n) is 13.5. The number of nitrogens with one attached hydrogen (secondary N) is 2. The second-order valence-corrected chi connectivity index (χ2v) is 7.94. The minimum absolute atomic E-state index is 0.0933. The summed E-state index contributed by atoms with van der Waals surface area (Å²) in [5, 5.41) is 10.8. The van der Waals surface area contributed by atoms with E-state index in [1.165, 1.54) is 37.4 Å². The number of nitrogens with zero attached hydrogens (tertiary/aromatic N) is 2. The molecule has 0 aromatic carbocycles. The third-order valence-corrected chi connectivity index (χ3v) is 6.47. The molecule has 1 aromatic heterocycles. The minimum Gasteiger partial charge on any atom is -0.377 e. The van der Waals surface area contributed by atoms with Crippen molar-refractivity contribution in [2.24, 2.45) is 17.8 Å². The minimum atomic E-state index is 0.0933. The molecule has 1 aromatic rings. The van der Waals surface area contributed by atoms with E-state index in [1.807, 2.05) is 6.92 Å². The quantitative estimate of drug-likeness (QED) is 0.803. The van der Waals surface area contributed by atoms with Crippen LogP contribution in [0.4, 0.5) is 0 Å². The molecule has 1 aliphatic heterocycles. The highest BCUT2D eigenvalue weighted by atomic mass is 32.2. The first-order valence-corrected chi connectivity index (χ1v) is 9.63. The largest absolute Gasteiger partial charge is 0.377 e. The van der Waals surface area contributed by atoms with E-state index in [0.717, 1.165) is 24.8 Å². The smallest absolute Gasteiger partial charge is 0.230 e. The first kappa shape index (κ1) is 15.4. The Kier molecular flexibility index (Phi) is 4.32. The van der Waals surface area contributed by atoms with Crippen LogP contribution in [0.1, 0.15) is 37.9 Å². The van der Waals surface area contributed by atoms with Crippen LogP contribution in [-0.4, -0.2) is 45.6 Å². The lowest BCUT2D eigenvalue weighted by Gasteiger charge is -2.50. The van der Waals surface area contributed by atoms with Crippen molar-refractivity contribution in [1.82, 2.24) is 20.5 Å². The van der Waals surface area contributed by atoms with Crippen LogP contribution in [0.25, 0.3) is 0 Å². The van der Waals surface area contributed by atoms with Gasteiger partial charge in [0.2, 0.25) is 11.1 Å². The van der Waals surface area contributed by atoms with Crippen molar-refractivity contribution in [2.75, 3.05) is 12.4 Å². The lowest BCUT2D eigenvalue weighted by molar-refractivity contribution is -0.127. The van der Waals surface area contributed by atoms with Gasteiger partial charge in [-0.25, -0.2) is 4.98 Å². The van der Waals surface area contributed by atoms with Gasteiger partial charge in [-0.15, -0.1) is 5.10 Å². The second kappa shape index (κ2) is 6.43. The summed E-state index contributed by atoms with van der Waals surface area (Å²) in [4.78, 5) is 16.6. The number of thioether (sulfide) groups is 1. The molecule has 2 aliphatic carbocycles. The summed E-state index contributed by atoms with van der Waals surface area (Å²) in [6, 6.07) is 0.313. The van der Waals surface area contributed by atoms with Crippen molar-refractivity contribution in [2.45, 2.75) is 56.3 Å². The molecule has 0 bridgehead atoms. The topological polar surface area (TPSA) is 79.9 Å². The Morgan fingerprint density at radius 1 is 1.39 bits per heavy atom. The van der Waals surface area contributed by atoms with Crippen LogP contribution >= 0.6 is 11.8 Å². The Morgan fingerprint density at radius 3 is 2.96 bits per heavy atom. The summed E-state index contributed by atoms with van der Waals surface area (Å²) in [6.07, 6.45) is 6.75. The zero-order chi connectivity index (χ0) is 15.8. The molecule has 1 saturated heterocycles. The summed E-state index contributed by atoms with van der Waals surface area (Å²) in [6.45, 7) is 2.72. The summed E-state index contributed by atoms with van der Waals surface area (Å²) < 4.78 is 5.94. The fraction of sp³-hybridized carbons (Fsp3) is 0.812. The first-order valence-electron chi connectivity index (χ1n) is 8.65. The average Bonchev–Trinajstić information content (AvgIpc) is 3.25. The molecule has 1 amide bonds. The molecule has 6 nitrogen and oxygen atoms in total. The molecule has 0 unspecified atom stereocenters. The maximum Gasteiger partial charge on any atom is 0.230 e. The van der Waals surface area contributed by atoms with Gasteiger partial charge in [-0.3, -0.25) is 9.89 Å². The highest BCUT2D eigenvalue weighted by molar-refractivity contribution is 7.99. The monoisotopic (exact) mass is 336 g/mol. The van der Waals surface area contributed by atoms with Gasteiger partial charge in [0, 0.05) is 24.5 Å². The molecule has 2 saturated carbocycles. The first-order chi connectivity index (χ1) is 11.2. The molecule has 126 valence electrons. The van der Waals surface area contributed by atoms with Crippen molar-refractivity contribution < 1.29 is 9.53 Å². The van der Waals surface area contributed by atoms with E-state index in [2.05, 4.69) is 20.5 Å². The lowest BCUT2D eigenvalue weighted by atomic mass is 9.61. The van der Waals surface area contributed by atoms with Crippen LogP contribution in [0.2, 0.25) is 0 Å². The number of aromatic nitrogens is 3. The van der Waals surface area contributed by atoms with E-state index in [9.17, 15) is 4.79 Å². The zero-order valence-corrected chi connectivity index (χ0v) is 14.3. The van der Waals surface area contributed by atoms with Gasteiger partial charge in [0.15, 0.2) is 0 Å². The van der Waals surface area contributed by atoms with Crippen LogP contribution in [0.5, 0.6) is 0 Å². The average molecular weight is 336 g/mol. The van der Waals surface area contributed by atoms with Crippen LogP contribution in [0.15, 0.2) is 5.16 Å². The third kappa shape index (κ3) is 3.01. The van der Waals surface area contributed by atoms with Crippen molar-refractivity contribution >= 4 is 17.7 Å². The molecule has 2 heterocycles. The fourth-order valence-electron chi connectivity index (χ4n) is 4.60. The predicted octanol–water partition coefficient (Wildman–Crippen LogP) is 1.92. The molecule has 0 spiro atoms. The van der Waals surface area contributed by atoms with E-state index < -0.39 is 0 Å². The van der Waals surface area contributed by atoms with Gasteiger partial charge >= 0.3 is 0 Å². The number of hydrogen-bond acceptors (Lipinski definition) is 5. The van der Waals surface area contributed by atoms with E-state index in [-0.39, 0.29) is 5.91 Å². The van der Waals surface area contributed by atoms with Gasteiger partial charge in [0.05, 0.1) is 11.9 Å². The van der Waals surface area contributed by atoms with Gasteiger partial charge in [0.25, 0.3) is 0 Å². The van der Waals surface area contributed by atoms with Crippen molar-refractivity contribution in [1.29, 1.82) is 0 Å². The Hall–Kier alpha value is -1.08. The highest BCUT2D eigenvalue weighted by Gasteiger charge is 2.56. The number of aryl methyl sites for hydroxylation is 1. The number of ether oxygens (including phenoxy) is 1. The number of carbonyl (C=O) groups excluding carboxylic acids is 1. The van der Waals surface area contributed by atoms with Gasteiger partial charge in [-0.1, -0.05) is 37.4 Å². The normalized spacial score (nSPS) is 33.4. The SMILES string of the molecule is Cc1nc(SCC(=O)N[C@@H]2[C@H]3CCO[C@H]3[C@H]2C2CCCC2)n[nH]1. The Labute approximate surface area is 140 Å². The highest BCUT2D eigenvalue weighted by Crippen LogP contribution is 2.51. The van der Waals surface area contributed by atoms with Crippen molar-refractivity contribution in [3.05, 3.63) is 5.82 Å². The van der Waals surface area contributed by atoms with Gasteiger partial charge in [-0.2, -0.15) is 0 Å². The standard InChI is InChI=1S/C16H24N4O2S/c1-9-17-16(20-19-9)23-8-12(21)18-14-11-6-7-22-15(11)13(14)10-4-2-3-5-10/h10-11,13-15H,2-8H2,1H3,(H,18,21)(H,17,19,20)/t11-,13+,14-,15-/m1/s1. The van der Waals surface area contributed by atoms with E-state index in [1.54, 1.807) is 0 Å². The van der Waals surface area contributed by atoms with Gasteiger partial charge < -0.3 is 10.1 Å². The maximum atomic E-state index is 12.3. The fourth-order valence-corrected chi connectivity index (χ4v) is 5.26. The van der Waals surface area contributed by atoms with E-state index >= 15 is 0 Å². The van der Waals surface area contributed by atoms with Crippen molar-refractivity contribution in [3.8, 4) is 0 Å². The number of H-pyrrole nitrogens is 1. The van der Waals surface area contributed by atoms with Gasteiger partial charge in [-0.05, 0) is 19.3 Å². The number of rotatable bonds is 5. The molecule has 4 atom stereocenters. The van der Waals surface area contributed by atoms with E-state index in [0.29, 0.717) is 34.9 Å². The summed E-state index contributed by atoms with van der Waals surface area (Å²) >= 11 is 1.39. The molecular weight excluding hydrogens is 312 g/mol. The van der Waals surface area contributed by atoms with Crippen LogP contribution in [0, 0.1) is 24.7 Å². The molecule has 4 rings (SSSR count). The Balaban J connectivity index is 1.33. The van der Waals surface area contributed by atoms with Crippen LogP contribution in [-0.2, 0) is 9.53 Å². The summed E-state index contributed by atoms with van der Waals surface area (Å²) in [7, 11) is 0. The van der Waals surface area contributed by atoms with Crippen molar-refractivity contribution in [3.63, 3.8) is 0 Å². The predicted molar refractivity (Wildman–Crippen MR) is 87.1 cm³/mol. The molecule has 2 N–H and O–H groups in total. The molecule has 3 aliphatic rings. The summed E-state index contributed by atoms with van der Waals surface area (Å²) in [5.41, 5.74) is 0. The van der Waals surface area contributed by atoms with E-state index in [4.69, 9.17) is 4.74 Å². The summed E-state index contributed by atoms with van der Waals surface area (Å²) in [5.74, 6) is 3.05. The van der Waals surface area contributed by atoms with Gasteiger partial charge in [0.1, 0.15) is 5.82 Å². The van der Waals surface area contributed by atoms with Crippen LogP contribution in [0.3, 0.4) is 0 Å². The second-order valence-electron chi connectivity index (χ2n) is 7.00.